The summed E-state index contributed by atoms with van der Waals surface area (Å²) in [5.41, 5.74) is 3.25. The van der Waals surface area contributed by atoms with Gasteiger partial charge in [0.15, 0.2) is 0 Å². The normalized spacial score (nSPS) is 11.2. The van der Waals surface area contributed by atoms with Gasteiger partial charge in [0.05, 0.1) is 4.90 Å². The standard InChI is InChI=1S/C23H23FN2O3S/c1-16-8-11-20(14-17(16)2)25-30(28,29)21-12-9-18(10-13-21)23(27)26(3)15-19-6-4-5-7-22(19)24/h4-14,25H,15H2,1-3H3. The Hall–Kier alpha value is -3.19. The lowest BCUT2D eigenvalue weighted by molar-refractivity contribution is 0.0783. The van der Waals surface area contributed by atoms with Crippen molar-refractivity contribution in [2.45, 2.75) is 25.3 Å². The molecule has 0 aromatic heterocycles. The predicted molar refractivity (Wildman–Crippen MR) is 115 cm³/mol. The number of carbonyl (C=O) groups excluding carboxylic acids is 1. The Kier molecular flexibility index (Phi) is 6.22. The number of amides is 1. The fraction of sp³-hybridized carbons (Fsp3) is 0.174. The van der Waals surface area contributed by atoms with Gasteiger partial charge in [0.1, 0.15) is 5.82 Å². The minimum absolute atomic E-state index is 0.0500. The van der Waals surface area contributed by atoms with Crippen molar-refractivity contribution in [3.63, 3.8) is 0 Å². The molecule has 0 heterocycles. The summed E-state index contributed by atoms with van der Waals surface area (Å²) in [6, 6.07) is 17.2. The molecule has 0 unspecified atom stereocenters. The van der Waals surface area contributed by atoms with Gasteiger partial charge in [0.25, 0.3) is 15.9 Å². The van der Waals surface area contributed by atoms with E-state index in [-0.39, 0.29) is 23.2 Å². The van der Waals surface area contributed by atoms with Crippen molar-refractivity contribution < 1.29 is 17.6 Å². The van der Waals surface area contributed by atoms with Gasteiger partial charge >= 0.3 is 0 Å². The molecule has 3 aromatic carbocycles. The highest BCUT2D eigenvalue weighted by atomic mass is 32.2. The van der Waals surface area contributed by atoms with E-state index in [1.54, 1.807) is 37.4 Å². The van der Waals surface area contributed by atoms with Crippen molar-refractivity contribution in [2.24, 2.45) is 0 Å². The summed E-state index contributed by atoms with van der Waals surface area (Å²) in [4.78, 5) is 14.1. The first-order valence-electron chi connectivity index (χ1n) is 9.36. The molecule has 1 amide bonds. The maximum Gasteiger partial charge on any atom is 0.261 e. The largest absolute Gasteiger partial charge is 0.337 e. The Bertz CT molecular complexity index is 1180. The fourth-order valence-corrected chi connectivity index (χ4v) is 4.02. The van der Waals surface area contributed by atoms with Crippen LogP contribution in [0.5, 0.6) is 0 Å². The maximum absolute atomic E-state index is 13.8. The molecule has 0 spiro atoms. The molecule has 0 aliphatic rings. The summed E-state index contributed by atoms with van der Waals surface area (Å²) in [5.74, 6) is -0.708. The third-order valence-electron chi connectivity index (χ3n) is 4.88. The molecule has 3 aromatic rings. The van der Waals surface area contributed by atoms with Crippen LogP contribution in [0.3, 0.4) is 0 Å². The van der Waals surface area contributed by atoms with Crippen LogP contribution < -0.4 is 4.72 Å². The molecule has 0 aliphatic heterocycles. The van der Waals surface area contributed by atoms with Gasteiger partial charge in [0, 0.05) is 30.4 Å². The Morgan fingerprint density at radius 2 is 1.63 bits per heavy atom. The number of benzene rings is 3. The number of sulfonamides is 1. The third-order valence-corrected chi connectivity index (χ3v) is 6.28. The van der Waals surface area contributed by atoms with E-state index in [2.05, 4.69) is 4.72 Å². The number of aryl methyl sites for hydroxylation is 2. The number of nitrogens with one attached hydrogen (secondary N) is 1. The van der Waals surface area contributed by atoms with Crippen molar-refractivity contribution in [3.05, 3.63) is 94.8 Å². The van der Waals surface area contributed by atoms with Gasteiger partial charge in [-0.15, -0.1) is 0 Å². The minimum Gasteiger partial charge on any atom is -0.337 e. The lowest BCUT2D eigenvalue weighted by atomic mass is 10.1. The quantitative estimate of drug-likeness (QED) is 0.630. The van der Waals surface area contributed by atoms with Crippen LogP contribution in [-0.2, 0) is 16.6 Å². The van der Waals surface area contributed by atoms with E-state index >= 15 is 0 Å². The van der Waals surface area contributed by atoms with Crippen molar-refractivity contribution in [1.82, 2.24) is 4.90 Å². The van der Waals surface area contributed by atoms with E-state index in [0.29, 0.717) is 16.8 Å². The number of hydrogen-bond acceptors (Lipinski definition) is 3. The lowest BCUT2D eigenvalue weighted by Crippen LogP contribution is -2.26. The van der Waals surface area contributed by atoms with Crippen molar-refractivity contribution >= 4 is 21.6 Å². The van der Waals surface area contributed by atoms with Crippen LogP contribution in [0.2, 0.25) is 0 Å². The molecule has 3 rings (SSSR count). The maximum atomic E-state index is 13.8. The third kappa shape index (κ3) is 4.86. The fourth-order valence-electron chi connectivity index (χ4n) is 2.97. The predicted octanol–water partition coefficient (Wildman–Crippen LogP) is 4.52. The molecule has 1 N–H and O–H groups in total. The van der Waals surface area contributed by atoms with Gasteiger partial charge in [-0.2, -0.15) is 0 Å². The average molecular weight is 427 g/mol. The van der Waals surface area contributed by atoms with Gasteiger partial charge < -0.3 is 4.90 Å². The molecular formula is C23H23FN2O3S. The van der Waals surface area contributed by atoms with E-state index in [0.717, 1.165) is 11.1 Å². The van der Waals surface area contributed by atoms with Gasteiger partial charge in [-0.05, 0) is 67.4 Å². The number of anilines is 1. The summed E-state index contributed by atoms with van der Waals surface area (Å²) in [7, 11) is -2.21. The number of halogens is 1. The van der Waals surface area contributed by atoms with Crippen LogP contribution in [0.4, 0.5) is 10.1 Å². The average Bonchev–Trinajstić information content (AvgIpc) is 2.72. The second kappa shape index (κ2) is 8.67. The zero-order chi connectivity index (χ0) is 21.9. The van der Waals surface area contributed by atoms with Crippen LogP contribution >= 0.6 is 0 Å². The van der Waals surface area contributed by atoms with E-state index in [1.807, 2.05) is 19.9 Å². The molecule has 0 fully saturated rings. The minimum atomic E-state index is -3.78. The van der Waals surface area contributed by atoms with E-state index in [9.17, 15) is 17.6 Å². The number of rotatable bonds is 6. The molecule has 0 aliphatic carbocycles. The van der Waals surface area contributed by atoms with Gasteiger partial charge in [-0.3, -0.25) is 9.52 Å². The first kappa shape index (κ1) is 21.5. The van der Waals surface area contributed by atoms with E-state index in [1.165, 1.54) is 35.2 Å². The first-order chi connectivity index (χ1) is 14.2. The van der Waals surface area contributed by atoms with Crippen molar-refractivity contribution in [3.8, 4) is 0 Å². The Labute approximate surface area is 176 Å². The van der Waals surface area contributed by atoms with E-state index < -0.39 is 10.0 Å². The smallest absolute Gasteiger partial charge is 0.261 e. The van der Waals surface area contributed by atoms with Crippen LogP contribution in [0.15, 0.2) is 71.6 Å². The van der Waals surface area contributed by atoms with Crippen LogP contribution in [0.25, 0.3) is 0 Å². The monoisotopic (exact) mass is 426 g/mol. The number of hydrogen-bond donors (Lipinski definition) is 1. The molecule has 0 saturated carbocycles. The Morgan fingerprint density at radius 1 is 0.967 bits per heavy atom. The highest BCUT2D eigenvalue weighted by molar-refractivity contribution is 7.92. The number of carbonyl (C=O) groups is 1. The molecular weight excluding hydrogens is 403 g/mol. The summed E-state index contributed by atoms with van der Waals surface area (Å²) in [6.45, 7) is 3.97. The zero-order valence-corrected chi connectivity index (χ0v) is 17.8. The molecule has 0 atom stereocenters. The summed E-state index contributed by atoms with van der Waals surface area (Å²) in [6.07, 6.45) is 0. The van der Waals surface area contributed by atoms with Crippen LogP contribution in [0, 0.1) is 19.7 Å². The van der Waals surface area contributed by atoms with E-state index in [4.69, 9.17) is 0 Å². The summed E-state index contributed by atoms with van der Waals surface area (Å²) in [5, 5.41) is 0. The molecule has 30 heavy (non-hydrogen) atoms. The molecule has 0 saturated heterocycles. The lowest BCUT2D eigenvalue weighted by Gasteiger charge is -2.18. The van der Waals surface area contributed by atoms with Crippen molar-refractivity contribution in [2.75, 3.05) is 11.8 Å². The first-order valence-corrected chi connectivity index (χ1v) is 10.8. The highest BCUT2D eigenvalue weighted by Crippen LogP contribution is 2.20. The van der Waals surface area contributed by atoms with Gasteiger partial charge in [-0.25, -0.2) is 12.8 Å². The molecule has 0 radical (unpaired) electrons. The van der Waals surface area contributed by atoms with Gasteiger partial charge in [0.2, 0.25) is 0 Å². The molecule has 0 bridgehead atoms. The van der Waals surface area contributed by atoms with Crippen LogP contribution in [-0.4, -0.2) is 26.3 Å². The Balaban J connectivity index is 1.73. The molecule has 7 heteroatoms. The van der Waals surface area contributed by atoms with Gasteiger partial charge in [-0.1, -0.05) is 24.3 Å². The second-order valence-corrected chi connectivity index (χ2v) is 8.86. The topological polar surface area (TPSA) is 66.5 Å². The summed E-state index contributed by atoms with van der Waals surface area (Å²) >= 11 is 0. The highest BCUT2D eigenvalue weighted by Gasteiger charge is 2.18. The molecule has 5 nitrogen and oxygen atoms in total. The van der Waals surface area contributed by atoms with Crippen LogP contribution in [0.1, 0.15) is 27.0 Å². The number of nitrogens with zero attached hydrogens (tertiary/aromatic N) is 1. The van der Waals surface area contributed by atoms with Crippen molar-refractivity contribution in [1.29, 1.82) is 0 Å². The SMILES string of the molecule is Cc1ccc(NS(=O)(=O)c2ccc(C(=O)N(C)Cc3ccccc3F)cc2)cc1C. The Morgan fingerprint density at radius 3 is 2.27 bits per heavy atom. The molecule has 156 valence electrons. The summed E-state index contributed by atoms with van der Waals surface area (Å²) < 4.78 is 41.6. The zero-order valence-electron chi connectivity index (χ0n) is 17.0. The second-order valence-electron chi connectivity index (χ2n) is 7.18.